The zero-order valence-electron chi connectivity index (χ0n) is 12.3. The third-order valence-corrected chi connectivity index (χ3v) is 3.39. The van der Waals surface area contributed by atoms with E-state index < -0.39 is 5.60 Å². The van der Waals surface area contributed by atoms with E-state index in [2.05, 4.69) is 10.6 Å². The first kappa shape index (κ1) is 15.6. The van der Waals surface area contributed by atoms with E-state index in [4.69, 9.17) is 4.42 Å². The third kappa shape index (κ3) is 4.59. The Hall–Kier alpha value is -1.49. The van der Waals surface area contributed by atoms with Gasteiger partial charge >= 0.3 is 6.03 Å². The van der Waals surface area contributed by atoms with Gasteiger partial charge < -0.3 is 20.2 Å². The summed E-state index contributed by atoms with van der Waals surface area (Å²) in [5.74, 6) is 1.59. The van der Waals surface area contributed by atoms with Gasteiger partial charge in [0, 0.05) is 6.54 Å². The van der Waals surface area contributed by atoms with Crippen LogP contribution in [0.3, 0.4) is 0 Å². The van der Waals surface area contributed by atoms with Gasteiger partial charge in [0.25, 0.3) is 0 Å². The zero-order chi connectivity index (χ0) is 14.6. The average molecular weight is 268 g/mol. The predicted octanol–water partition coefficient (Wildman–Crippen LogP) is 2.36. The van der Waals surface area contributed by atoms with Crippen molar-refractivity contribution < 1.29 is 14.3 Å². The van der Waals surface area contributed by atoms with Gasteiger partial charge in [0.2, 0.25) is 0 Å². The van der Waals surface area contributed by atoms with Crippen LogP contribution in [0.25, 0.3) is 0 Å². The Kier molecular flexibility index (Phi) is 5.00. The fourth-order valence-electron chi connectivity index (χ4n) is 1.47. The SMILES string of the molecule is Cc1ccc(C(C)NC(=O)NCC(C)(O)C(C)C)o1. The van der Waals surface area contributed by atoms with E-state index in [1.54, 1.807) is 6.92 Å². The van der Waals surface area contributed by atoms with Crippen LogP contribution in [0.5, 0.6) is 0 Å². The number of carbonyl (C=O) groups is 1. The summed E-state index contributed by atoms with van der Waals surface area (Å²) in [5.41, 5.74) is -0.915. The second-order valence-electron chi connectivity index (χ2n) is 5.51. The molecule has 0 aliphatic carbocycles. The number of hydrogen-bond acceptors (Lipinski definition) is 3. The molecule has 0 saturated carbocycles. The van der Waals surface area contributed by atoms with Crippen molar-refractivity contribution in [3.63, 3.8) is 0 Å². The lowest BCUT2D eigenvalue weighted by Gasteiger charge is -2.28. The van der Waals surface area contributed by atoms with E-state index in [1.165, 1.54) is 0 Å². The quantitative estimate of drug-likeness (QED) is 0.767. The maximum Gasteiger partial charge on any atom is 0.315 e. The highest BCUT2D eigenvalue weighted by Gasteiger charge is 2.25. The Balaban J connectivity index is 2.43. The predicted molar refractivity (Wildman–Crippen MR) is 73.9 cm³/mol. The normalized spacial score (nSPS) is 15.9. The molecule has 1 heterocycles. The molecule has 0 fully saturated rings. The zero-order valence-corrected chi connectivity index (χ0v) is 12.3. The molecule has 5 nitrogen and oxygen atoms in total. The first-order valence-corrected chi connectivity index (χ1v) is 6.55. The monoisotopic (exact) mass is 268 g/mol. The summed E-state index contributed by atoms with van der Waals surface area (Å²) in [5, 5.41) is 15.5. The van der Waals surface area contributed by atoms with Gasteiger partial charge in [-0.1, -0.05) is 13.8 Å². The molecular weight excluding hydrogens is 244 g/mol. The third-order valence-electron chi connectivity index (χ3n) is 3.39. The molecule has 2 unspecified atom stereocenters. The molecule has 0 bridgehead atoms. The van der Waals surface area contributed by atoms with Crippen LogP contribution in [0.15, 0.2) is 16.5 Å². The summed E-state index contributed by atoms with van der Waals surface area (Å²) in [6, 6.07) is 3.17. The van der Waals surface area contributed by atoms with E-state index in [-0.39, 0.29) is 24.5 Å². The number of aryl methyl sites for hydroxylation is 1. The minimum Gasteiger partial charge on any atom is -0.464 e. The van der Waals surface area contributed by atoms with Crippen molar-refractivity contribution in [3.05, 3.63) is 23.7 Å². The van der Waals surface area contributed by atoms with Crippen molar-refractivity contribution in [2.75, 3.05) is 6.54 Å². The van der Waals surface area contributed by atoms with Crippen LogP contribution in [0.4, 0.5) is 4.79 Å². The van der Waals surface area contributed by atoms with Crippen LogP contribution < -0.4 is 10.6 Å². The fourth-order valence-corrected chi connectivity index (χ4v) is 1.47. The molecule has 19 heavy (non-hydrogen) atoms. The van der Waals surface area contributed by atoms with Gasteiger partial charge in [0.15, 0.2) is 0 Å². The number of nitrogens with one attached hydrogen (secondary N) is 2. The van der Waals surface area contributed by atoms with Gasteiger partial charge in [-0.2, -0.15) is 0 Å². The fraction of sp³-hybridized carbons (Fsp3) is 0.643. The average Bonchev–Trinajstić information content (AvgIpc) is 2.73. The summed E-state index contributed by atoms with van der Waals surface area (Å²) in [7, 11) is 0. The molecule has 1 aromatic heterocycles. The molecular formula is C14H24N2O3. The van der Waals surface area contributed by atoms with Gasteiger partial charge in [-0.15, -0.1) is 0 Å². The molecule has 0 aromatic carbocycles. The Bertz CT molecular complexity index is 424. The van der Waals surface area contributed by atoms with Crippen molar-refractivity contribution in [3.8, 4) is 0 Å². The molecule has 2 atom stereocenters. The Morgan fingerprint density at radius 2 is 2.05 bits per heavy atom. The number of urea groups is 1. The molecule has 1 aromatic rings. The lowest BCUT2D eigenvalue weighted by molar-refractivity contribution is 0.0165. The smallest absolute Gasteiger partial charge is 0.315 e. The largest absolute Gasteiger partial charge is 0.464 e. The molecule has 5 heteroatoms. The molecule has 0 aliphatic heterocycles. The van der Waals surface area contributed by atoms with Crippen LogP contribution in [0.1, 0.15) is 45.3 Å². The first-order chi connectivity index (χ1) is 8.72. The second kappa shape index (κ2) is 6.10. The number of aliphatic hydroxyl groups is 1. The summed E-state index contributed by atoms with van der Waals surface area (Å²) in [6.07, 6.45) is 0. The van der Waals surface area contributed by atoms with Crippen LogP contribution in [-0.2, 0) is 0 Å². The second-order valence-corrected chi connectivity index (χ2v) is 5.51. The molecule has 0 saturated heterocycles. The Morgan fingerprint density at radius 3 is 2.53 bits per heavy atom. The Labute approximate surface area is 114 Å². The van der Waals surface area contributed by atoms with Crippen LogP contribution >= 0.6 is 0 Å². The first-order valence-electron chi connectivity index (χ1n) is 6.55. The molecule has 0 aliphatic rings. The van der Waals surface area contributed by atoms with Crippen LogP contribution in [-0.4, -0.2) is 23.3 Å². The molecule has 108 valence electrons. The Morgan fingerprint density at radius 1 is 1.42 bits per heavy atom. The van der Waals surface area contributed by atoms with Gasteiger partial charge in [0.05, 0.1) is 11.6 Å². The molecule has 0 spiro atoms. The highest BCUT2D eigenvalue weighted by Crippen LogP contribution is 2.16. The minimum absolute atomic E-state index is 0.0675. The topological polar surface area (TPSA) is 74.5 Å². The van der Waals surface area contributed by atoms with Crippen molar-refractivity contribution in [2.24, 2.45) is 5.92 Å². The van der Waals surface area contributed by atoms with E-state index in [1.807, 2.05) is 39.8 Å². The number of rotatable bonds is 5. The van der Waals surface area contributed by atoms with E-state index in [0.717, 1.165) is 5.76 Å². The maximum absolute atomic E-state index is 11.7. The number of furan rings is 1. The summed E-state index contributed by atoms with van der Waals surface area (Å²) < 4.78 is 5.44. The van der Waals surface area contributed by atoms with E-state index in [9.17, 15) is 9.90 Å². The van der Waals surface area contributed by atoms with Crippen molar-refractivity contribution in [1.82, 2.24) is 10.6 Å². The van der Waals surface area contributed by atoms with E-state index >= 15 is 0 Å². The van der Waals surface area contributed by atoms with Crippen molar-refractivity contribution in [1.29, 1.82) is 0 Å². The van der Waals surface area contributed by atoms with Gasteiger partial charge in [-0.25, -0.2) is 4.79 Å². The van der Waals surface area contributed by atoms with Crippen molar-refractivity contribution >= 4 is 6.03 Å². The van der Waals surface area contributed by atoms with Crippen LogP contribution in [0.2, 0.25) is 0 Å². The number of amides is 2. The maximum atomic E-state index is 11.7. The van der Waals surface area contributed by atoms with Crippen molar-refractivity contribution in [2.45, 2.75) is 46.3 Å². The summed E-state index contributed by atoms with van der Waals surface area (Å²) in [4.78, 5) is 11.7. The molecule has 1 rings (SSSR count). The lowest BCUT2D eigenvalue weighted by Crippen LogP contribution is -2.47. The summed E-state index contributed by atoms with van der Waals surface area (Å²) >= 11 is 0. The highest BCUT2D eigenvalue weighted by atomic mass is 16.3. The van der Waals surface area contributed by atoms with E-state index in [0.29, 0.717) is 5.76 Å². The molecule has 3 N–H and O–H groups in total. The van der Waals surface area contributed by atoms with Crippen LogP contribution in [0, 0.1) is 12.8 Å². The lowest BCUT2D eigenvalue weighted by atomic mass is 9.93. The number of carbonyl (C=O) groups excluding carboxylic acids is 1. The van der Waals surface area contributed by atoms with Gasteiger partial charge in [0.1, 0.15) is 11.5 Å². The highest BCUT2D eigenvalue weighted by molar-refractivity contribution is 5.74. The molecule has 2 amide bonds. The summed E-state index contributed by atoms with van der Waals surface area (Å²) in [6.45, 7) is 9.44. The minimum atomic E-state index is -0.915. The number of hydrogen-bond donors (Lipinski definition) is 3. The standard InChI is InChI=1S/C14H24N2O3/c1-9(2)14(5,18)8-15-13(17)16-11(4)12-7-6-10(3)19-12/h6-7,9,11,18H,8H2,1-5H3,(H2,15,16,17). The molecule has 0 radical (unpaired) electrons. The van der Waals surface area contributed by atoms with Gasteiger partial charge in [-0.3, -0.25) is 0 Å². The van der Waals surface area contributed by atoms with Gasteiger partial charge in [-0.05, 0) is 38.8 Å².